The number of rotatable bonds is 0. The molecule has 0 spiro atoms. The Morgan fingerprint density at radius 1 is 1.25 bits per heavy atom. The number of hydrogen-bond acceptors (Lipinski definition) is 2. The normalized spacial score (nSPS) is 47.6. The van der Waals surface area contributed by atoms with Gasteiger partial charge in [-0.05, 0) is 0 Å². The molecule has 0 nitrogen and oxygen atoms in total. The van der Waals surface area contributed by atoms with E-state index < -0.39 is 0 Å². The van der Waals surface area contributed by atoms with E-state index in [1.165, 1.54) is 0 Å². The summed E-state index contributed by atoms with van der Waals surface area (Å²) in [6, 6.07) is 0. The zero-order chi connectivity index (χ0) is 6.15. The van der Waals surface area contributed by atoms with Crippen LogP contribution in [0.3, 0.4) is 0 Å². The molecule has 0 radical (unpaired) electrons. The van der Waals surface area contributed by atoms with Gasteiger partial charge in [-0.2, -0.15) is 0 Å². The Morgan fingerprint density at radius 2 is 1.62 bits per heavy atom. The van der Waals surface area contributed by atoms with Crippen LogP contribution >= 0.6 is 39.7 Å². The SMILES string of the molecule is CC1SP(Cl)SC1C. The molecular weight excluding hydrogens is 179 g/mol. The summed E-state index contributed by atoms with van der Waals surface area (Å²) in [6.07, 6.45) is 0. The average molecular weight is 187 g/mol. The van der Waals surface area contributed by atoms with E-state index in [0.29, 0.717) is 0 Å². The van der Waals surface area contributed by atoms with Crippen LogP contribution in [0.5, 0.6) is 0 Å². The Morgan fingerprint density at radius 3 is 1.75 bits per heavy atom. The minimum Gasteiger partial charge on any atom is -0.103 e. The van der Waals surface area contributed by atoms with Gasteiger partial charge >= 0.3 is 0 Å². The topological polar surface area (TPSA) is 0 Å². The lowest BCUT2D eigenvalue weighted by molar-refractivity contribution is 0.941. The van der Waals surface area contributed by atoms with Gasteiger partial charge in [-0.15, -0.1) is 22.8 Å². The Balaban J connectivity index is 2.39. The molecule has 1 aliphatic rings. The summed E-state index contributed by atoms with van der Waals surface area (Å²) in [5.74, 6) is 0. The summed E-state index contributed by atoms with van der Waals surface area (Å²) in [7, 11) is 0. The molecule has 2 unspecified atom stereocenters. The highest BCUT2D eigenvalue weighted by molar-refractivity contribution is 8.96. The highest BCUT2D eigenvalue weighted by Crippen LogP contribution is 2.74. The van der Waals surface area contributed by atoms with Crippen molar-refractivity contribution in [3.63, 3.8) is 0 Å². The number of halogens is 1. The summed E-state index contributed by atoms with van der Waals surface area (Å²) in [5, 5.41) is 1.53. The molecule has 0 bridgehead atoms. The fraction of sp³-hybridized carbons (Fsp3) is 1.00. The van der Waals surface area contributed by atoms with Crippen LogP contribution in [-0.2, 0) is 0 Å². The molecule has 2 atom stereocenters. The average Bonchev–Trinajstić information content (AvgIpc) is 1.85. The molecule has 8 heavy (non-hydrogen) atoms. The van der Waals surface area contributed by atoms with Gasteiger partial charge in [0.2, 0.25) is 0 Å². The predicted molar refractivity (Wildman–Crippen MR) is 46.9 cm³/mol. The van der Waals surface area contributed by atoms with Gasteiger partial charge in [0.15, 0.2) is 0 Å². The third kappa shape index (κ3) is 1.70. The summed E-state index contributed by atoms with van der Waals surface area (Å²) in [5.41, 5.74) is -0.238. The zero-order valence-corrected chi connectivity index (χ0v) is 8.08. The first kappa shape index (κ1) is 7.53. The van der Waals surface area contributed by atoms with Crippen LogP contribution in [0.2, 0.25) is 0 Å². The van der Waals surface area contributed by atoms with E-state index in [-0.39, 0.29) is 5.68 Å². The Bertz CT molecular complexity index is 80.1. The van der Waals surface area contributed by atoms with Crippen LogP contribution in [0.25, 0.3) is 0 Å². The first-order valence-corrected chi connectivity index (χ1v) is 7.71. The molecule has 0 N–H and O–H groups in total. The molecule has 48 valence electrons. The van der Waals surface area contributed by atoms with Gasteiger partial charge in [0, 0.05) is 10.5 Å². The van der Waals surface area contributed by atoms with Crippen molar-refractivity contribution in [3.8, 4) is 0 Å². The third-order valence-electron chi connectivity index (χ3n) is 1.16. The molecule has 0 aliphatic carbocycles. The van der Waals surface area contributed by atoms with Crippen molar-refractivity contribution >= 4 is 39.7 Å². The predicted octanol–water partition coefficient (Wildman–Crippen LogP) is 3.71. The van der Waals surface area contributed by atoms with E-state index in [2.05, 4.69) is 13.8 Å². The van der Waals surface area contributed by atoms with E-state index in [0.717, 1.165) is 10.5 Å². The van der Waals surface area contributed by atoms with Crippen molar-refractivity contribution in [1.82, 2.24) is 0 Å². The van der Waals surface area contributed by atoms with E-state index >= 15 is 0 Å². The Kier molecular flexibility index (Phi) is 2.83. The second-order valence-electron chi connectivity index (χ2n) is 1.83. The molecular formula is C4H8ClPS2. The molecule has 1 fully saturated rings. The third-order valence-corrected chi connectivity index (χ3v) is 9.12. The van der Waals surface area contributed by atoms with Crippen molar-refractivity contribution in [3.05, 3.63) is 0 Å². The van der Waals surface area contributed by atoms with Crippen molar-refractivity contribution < 1.29 is 0 Å². The van der Waals surface area contributed by atoms with Crippen LogP contribution in [-0.4, -0.2) is 10.5 Å². The monoisotopic (exact) mass is 186 g/mol. The maximum Gasteiger partial charge on any atom is 0.110 e. The Labute approximate surface area is 64.2 Å². The molecule has 1 heterocycles. The zero-order valence-electron chi connectivity index (χ0n) is 4.80. The highest BCUT2D eigenvalue weighted by Gasteiger charge is 2.27. The molecule has 0 amide bonds. The lowest BCUT2D eigenvalue weighted by atomic mass is 10.4. The molecule has 1 rings (SSSR count). The molecule has 0 saturated carbocycles. The van der Waals surface area contributed by atoms with Crippen LogP contribution in [0.4, 0.5) is 0 Å². The lowest BCUT2D eigenvalue weighted by Crippen LogP contribution is -2.04. The molecule has 0 aromatic carbocycles. The molecule has 4 heteroatoms. The maximum absolute atomic E-state index is 5.89. The second kappa shape index (κ2) is 3.01. The van der Waals surface area contributed by atoms with Gasteiger partial charge in [-0.1, -0.05) is 25.1 Å². The van der Waals surface area contributed by atoms with E-state index in [1.807, 2.05) is 22.8 Å². The summed E-state index contributed by atoms with van der Waals surface area (Å²) in [6.45, 7) is 4.49. The second-order valence-corrected chi connectivity index (χ2v) is 10.5. The van der Waals surface area contributed by atoms with Crippen molar-refractivity contribution in [2.45, 2.75) is 24.3 Å². The minimum atomic E-state index is -0.238. The highest BCUT2D eigenvalue weighted by atomic mass is 35.7. The summed E-state index contributed by atoms with van der Waals surface area (Å²) < 4.78 is 0. The molecule has 0 aromatic heterocycles. The van der Waals surface area contributed by atoms with Gasteiger partial charge in [0.05, 0.1) is 0 Å². The standard InChI is InChI=1S/C4H8ClPS2/c1-3-4(2)8-6(5)7-3/h3-4H,1-2H3. The maximum atomic E-state index is 5.89. The fourth-order valence-electron chi connectivity index (χ4n) is 0.458. The minimum absolute atomic E-state index is 0.238. The van der Waals surface area contributed by atoms with Gasteiger partial charge in [-0.25, -0.2) is 0 Å². The molecule has 0 aromatic rings. The number of hydrogen-bond donors (Lipinski definition) is 0. The first-order valence-electron chi connectivity index (χ1n) is 2.49. The lowest BCUT2D eigenvalue weighted by Gasteiger charge is -2.01. The fourth-order valence-corrected chi connectivity index (χ4v) is 10.2. The van der Waals surface area contributed by atoms with Crippen LogP contribution in [0.15, 0.2) is 0 Å². The van der Waals surface area contributed by atoms with Crippen LogP contribution in [0, 0.1) is 0 Å². The van der Waals surface area contributed by atoms with Gasteiger partial charge in [0.1, 0.15) is 5.68 Å². The molecule has 1 aliphatic heterocycles. The van der Waals surface area contributed by atoms with Crippen molar-refractivity contribution in [2.75, 3.05) is 0 Å². The van der Waals surface area contributed by atoms with E-state index in [1.54, 1.807) is 0 Å². The smallest absolute Gasteiger partial charge is 0.103 e. The van der Waals surface area contributed by atoms with Crippen molar-refractivity contribution in [1.29, 1.82) is 0 Å². The summed E-state index contributed by atoms with van der Waals surface area (Å²) in [4.78, 5) is 0. The van der Waals surface area contributed by atoms with Gasteiger partial charge < -0.3 is 0 Å². The van der Waals surface area contributed by atoms with Gasteiger partial charge in [0.25, 0.3) is 0 Å². The van der Waals surface area contributed by atoms with E-state index in [9.17, 15) is 0 Å². The quantitative estimate of drug-likeness (QED) is 0.529. The van der Waals surface area contributed by atoms with Crippen LogP contribution < -0.4 is 0 Å². The van der Waals surface area contributed by atoms with Crippen LogP contribution in [0.1, 0.15) is 13.8 Å². The molecule has 1 saturated heterocycles. The Hall–Kier alpha value is 1.42. The van der Waals surface area contributed by atoms with Gasteiger partial charge in [-0.3, -0.25) is 0 Å². The van der Waals surface area contributed by atoms with E-state index in [4.69, 9.17) is 11.2 Å². The largest absolute Gasteiger partial charge is 0.110 e. The first-order chi connectivity index (χ1) is 3.70. The summed E-state index contributed by atoms with van der Waals surface area (Å²) >= 11 is 9.74. The van der Waals surface area contributed by atoms with Crippen molar-refractivity contribution in [2.24, 2.45) is 0 Å².